The van der Waals surface area contributed by atoms with Gasteiger partial charge in [-0.2, -0.15) is 5.26 Å². The first-order chi connectivity index (χ1) is 26.4. The van der Waals surface area contributed by atoms with Crippen LogP contribution in [0.2, 0.25) is 0 Å². The molecule has 11 aromatic rings. The summed E-state index contributed by atoms with van der Waals surface area (Å²) in [6.45, 7) is 12.1. The van der Waals surface area contributed by atoms with E-state index in [1.165, 1.54) is 0 Å². The van der Waals surface area contributed by atoms with E-state index in [2.05, 4.69) is 4.85 Å². The van der Waals surface area contributed by atoms with Crippen molar-refractivity contribution in [2.24, 2.45) is 0 Å². The first kappa shape index (κ1) is 30.2. The molecule has 0 atom stereocenters. The zero-order chi connectivity index (χ0) is 36.6. The van der Waals surface area contributed by atoms with Crippen LogP contribution in [0.3, 0.4) is 0 Å². The fourth-order valence-corrected chi connectivity index (χ4v) is 8.55. The lowest BCUT2D eigenvalue weighted by Gasteiger charge is -2.19. The van der Waals surface area contributed by atoms with Gasteiger partial charge in [0.25, 0.3) is 0 Å². The van der Waals surface area contributed by atoms with Gasteiger partial charge < -0.3 is 18.0 Å². The van der Waals surface area contributed by atoms with Gasteiger partial charge in [0.15, 0.2) is 11.6 Å². The van der Waals surface area contributed by atoms with Crippen molar-refractivity contribution in [3.05, 3.63) is 149 Å². The summed E-state index contributed by atoms with van der Waals surface area (Å²) in [6, 6.07) is 36.4. The highest BCUT2D eigenvalue weighted by Gasteiger charge is 2.32. The number of hydrogen-bond acceptors (Lipinski definition) is 3. The Morgan fingerprint density at radius 2 is 1.06 bits per heavy atom. The third-order valence-electron chi connectivity index (χ3n) is 10.8. The molecule has 0 amide bonds. The highest BCUT2D eigenvalue weighted by atomic mass is 19.1. The summed E-state index contributed by atoms with van der Waals surface area (Å²) < 4.78 is 51.3. The topological polar surface area (TPSA) is 64.3 Å². The summed E-state index contributed by atoms with van der Waals surface area (Å²) in [4.78, 5) is 3.56. The van der Waals surface area contributed by atoms with Crippen molar-refractivity contribution >= 4 is 93.2 Å². The van der Waals surface area contributed by atoms with Crippen LogP contribution in [0.1, 0.15) is 16.7 Å². The van der Waals surface area contributed by atoms with E-state index in [1.807, 2.05) is 129 Å². The van der Waals surface area contributed by atoms with E-state index in [0.717, 1.165) is 43.4 Å². The van der Waals surface area contributed by atoms with Gasteiger partial charge in [-0.3, -0.25) is 0 Å². The maximum atomic E-state index is 18.2. The van der Waals surface area contributed by atoms with Crippen LogP contribution in [0.25, 0.3) is 104 Å². The molecule has 4 aromatic heterocycles. The quantitative estimate of drug-likeness (QED) is 0.168. The number of nitrogens with zero attached hydrogens (tertiary/aromatic N) is 4. The fourth-order valence-electron chi connectivity index (χ4n) is 8.55. The fraction of sp³-hybridized carbons (Fsp3) is 0.0435. The minimum Gasteiger partial charge on any atom is -0.455 e. The Bertz CT molecular complexity index is 3350. The third-order valence-corrected chi connectivity index (χ3v) is 10.8. The molecule has 0 bridgehead atoms. The number of furan rings is 2. The number of rotatable bonds is 2. The van der Waals surface area contributed by atoms with E-state index in [1.54, 1.807) is 9.13 Å². The van der Waals surface area contributed by atoms with Crippen LogP contribution in [-0.4, -0.2) is 9.13 Å². The maximum absolute atomic E-state index is 18.2. The average Bonchev–Trinajstić information content (AvgIpc) is 3.92. The molecule has 0 aliphatic rings. The number of aromatic nitrogens is 2. The summed E-state index contributed by atoms with van der Waals surface area (Å²) >= 11 is 0. The predicted molar refractivity (Wildman–Crippen MR) is 210 cm³/mol. The molecule has 0 radical (unpaired) electrons. The molecule has 0 N–H and O–H groups in total. The lowest BCUT2D eigenvalue weighted by molar-refractivity contribution is 0.591. The predicted octanol–water partition coefficient (Wildman–Crippen LogP) is 13.0. The van der Waals surface area contributed by atoms with Crippen LogP contribution < -0.4 is 0 Å². The van der Waals surface area contributed by atoms with E-state index in [0.29, 0.717) is 55.2 Å². The number of benzene rings is 7. The van der Waals surface area contributed by atoms with Gasteiger partial charge in [0, 0.05) is 32.3 Å². The molecule has 254 valence electrons. The van der Waals surface area contributed by atoms with Crippen molar-refractivity contribution < 1.29 is 17.6 Å². The van der Waals surface area contributed by atoms with E-state index in [4.69, 9.17) is 15.4 Å². The van der Waals surface area contributed by atoms with Crippen molar-refractivity contribution in [1.82, 2.24) is 9.13 Å². The average molecular weight is 703 g/mol. The lowest BCUT2D eigenvalue weighted by atomic mass is 10.1. The molecule has 54 heavy (non-hydrogen) atoms. The third kappa shape index (κ3) is 3.73. The van der Waals surface area contributed by atoms with Gasteiger partial charge in [0.1, 0.15) is 39.7 Å². The van der Waals surface area contributed by atoms with Crippen molar-refractivity contribution in [2.75, 3.05) is 0 Å². The Morgan fingerprint density at radius 3 is 1.56 bits per heavy atom. The van der Waals surface area contributed by atoms with E-state index in [-0.39, 0.29) is 11.4 Å². The molecule has 4 heterocycles. The monoisotopic (exact) mass is 702 g/mol. The number of fused-ring (bicyclic) bond motifs is 14. The molecule has 11 rings (SSSR count). The molecule has 6 nitrogen and oxygen atoms in total. The molecule has 0 saturated heterocycles. The Labute approximate surface area is 304 Å². The molecule has 0 spiro atoms. The van der Waals surface area contributed by atoms with Crippen LogP contribution in [0.5, 0.6) is 0 Å². The second kappa shape index (κ2) is 10.6. The number of hydrogen-bond donors (Lipinski definition) is 0. The smallest absolute Gasteiger partial charge is 0.249 e. The van der Waals surface area contributed by atoms with Gasteiger partial charge in [-0.05, 0) is 74.5 Å². The number of halogens is 2. The number of aryl methyl sites for hydroxylation is 2. The molecule has 7 aromatic carbocycles. The molecule has 0 saturated carbocycles. The van der Waals surface area contributed by atoms with Gasteiger partial charge in [-0.25, -0.2) is 13.6 Å². The normalized spacial score (nSPS) is 12.0. The second-order valence-electron chi connectivity index (χ2n) is 13.9. The summed E-state index contributed by atoms with van der Waals surface area (Å²) in [5.41, 5.74) is 4.98. The Kier molecular flexibility index (Phi) is 5.92. The van der Waals surface area contributed by atoms with Crippen LogP contribution in [0.15, 0.2) is 118 Å². The molecule has 0 fully saturated rings. The van der Waals surface area contributed by atoms with Crippen molar-refractivity contribution in [2.45, 2.75) is 13.8 Å². The van der Waals surface area contributed by atoms with Crippen LogP contribution >= 0.6 is 0 Å². The summed E-state index contributed by atoms with van der Waals surface area (Å²) in [5.74, 6) is -2.01. The minimum atomic E-state index is -1.10. The van der Waals surface area contributed by atoms with E-state index in [9.17, 15) is 5.26 Å². The Balaban J connectivity index is 1.32. The van der Waals surface area contributed by atoms with Crippen LogP contribution in [0.4, 0.5) is 14.5 Å². The van der Waals surface area contributed by atoms with Crippen LogP contribution in [0, 0.1) is 43.4 Å². The molecule has 0 aliphatic heterocycles. The standard InChI is InChI=1S/C46H24F2N4O2/c1-23-12-16-32-29(20-23)38-34(18-14-27-25-8-4-6-10-36(25)53-45(27)38)51(32)43-31(22-49)40(47)42(50-3)44(41(43)48)52-33-17-13-24(2)21-30(33)39-35(52)19-15-28-26-9-5-7-11-37(26)54-46(28)39/h4-21H,1-2H3. The summed E-state index contributed by atoms with van der Waals surface area (Å²) in [6.07, 6.45) is 0. The number of nitriles is 1. The first-order valence-corrected chi connectivity index (χ1v) is 17.4. The Hall–Kier alpha value is -7.42. The van der Waals surface area contributed by atoms with E-state index < -0.39 is 22.9 Å². The summed E-state index contributed by atoms with van der Waals surface area (Å²) in [7, 11) is 0. The largest absolute Gasteiger partial charge is 0.455 e. The van der Waals surface area contributed by atoms with Crippen molar-refractivity contribution in [1.29, 1.82) is 5.26 Å². The van der Waals surface area contributed by atoms with E-state index >= 15 is 8.78 Å². The molecular weight excluding hydrogens is 679 g/mol. The highest BCUT2D eigenvalue weighted by Crippen LogP contribution is 2.47. The van der Waals surface area contributed by atoms with Crippen LogP contribution in [-0.2, 0) is 0 Å². The lowest BCUT2D eigenvalue weighted by Crippen LogP contribution is -2.09. The minimum absolute atomic E-state index is 0.288. The highest BCUT2D eigenvalue weighted by molar-refractivity contribution is 6.25. The van der Waals surface area contributed by atoms with Gasteiger partial charge in [0.2, 0.25) is 5.69 Å². The SMILES string of the molecule is [C-]#[N+]c1c(F)c(C#N)c(-n2c3ccc(C)cc3c3c4oc5ccccc5c4ccc32)c(F)c1-n1c2ccc(C)cc2c2c3oc4ccccc4c3ccc21. The van der Waals surface area contributed by atoms with Gasteiger partial charge in [0.05, 0.1) is 45.1 Å². The van der Waals surface area contributed by atoms with Gasteiger partial charge in [-0.1, -0.05) is 59.7 Å². The maximum Gasteiger partial charge on any atom is 0.249 e. The van der Waals surface area contributed by atoms with Gasteiger partial charge in [-0.15, -0.1) is 0 Å². The molecule has 8 heteroatoms. The summed E-state index contributed by atoms with van der Waals surface area (Å²) in [5, 5.41) is 17.1. The number of para-hydroxylation sites is 2. The molecular formula is C46H24F2N4O2. The van der Waals surface area contributed by atoms with Crippen molar-refractivity contribution in [3.8, 4) is 17.4 Å². The Morgan fingerprint density at radius 1 is 0.574 bits per heavy atom. The second-order valence-corrected chi connectivity index (χ2v) is 13.9. The molecule has 0 aliphatic carbocycles. The zero-order valence-electron chi connectivity index (χ0n) is 28.8. The zero-order valence-corrected chi connectivity index (χ0v) is 28.8. The molecule has 0 unspecified atom stereocenters. The van der Waals surface area contributed by atoms with Crippen molar-refractivity contribution in [3.63, 3.8) is 0 Å². The van der Waals surface area contributed by atoms with Gasteiger partial charge >= 0.3 is 0 Å². The first-order valence-electron chi connectivity index (χ1n) is 17.4.